The van der Waals surface area contributed by atoms with Crippen LogP contribution in [0.2, 0.25) is 0 Å². The summed E-state index contributed by atoms with van der Waals surface area (Å²) >= 11 is 0. The van der Waals surface area contributed by atoms with Crippen LogP contribution < -0.4 is 15.2 Å². The normalized spacial score (nSPS) is 10.2. The number of hydrogen-bond acceptors (Lipinski definition) is 3. The van der Waals surface area contributed by atoms with Gasteiger partial charge in [-0.2, -0.15) is 0 Å². The maximum absolute atomic E-state index is 5.74. The second kappa shape index (κ2) is 6.38. The largest absolute Gasteiger partial charge is 0.493 e. The summed E-state index contributed by atoms with van der Waals surface area (Å²) in [7, 11) is 3.30. The number of aryl methyl sites for hydroxylation is 1. The van der Waals surface area contributed by atoms with Gasteiger partial charge in [-0.05, 0) is 36.1 Å². The van der Waals surface area contributed by atoms with E-state index in [4.69, 9.17) is 15.2 Å². The van der Waals surface area contributed by atoms with E-state index < -0.39 is 0 Å². The van der Waals surface area contributed by atoms with E-state index in [2.05, 4.69) is 6.92 Å². The van der Waals surface area contributed by atoms with Crippen molar-refractivity contribution in [3.05, 3.63) is 23.3 Å². The van der Waals surface area contributed by atoms with Crippen molar-refractivity contribution in [1.82, 2.24) is 0 Å². The summed E-state index contributed by atoms with van der Waals surface area (Å²) in [5, 5.41) is 0. The molecule has 0 heterocycles. The number of nitrogens with two attached hydrogens (primary N) is 1. The molecule has 0 aromatic heterocycles. The van der Waals surface area contributed by atoms with Gasteiger partial charge in [-0.15, -0.1) is 0 Å². The minimum absolute atomic E-state index is 0.541. The first-order valence-corrected chi connectivity index (χ1v) is 5.70. The Balaban J connectivity index is 3.05. The number of benzene rings is 1. The van der Waals surface area contributed by atoms with Crippen molar-refractivity contribution in [2.24, 2.45) is 5.73 Å². The zero-order chi connectivity index (χ0) is 12.0. The average molecular weight is 223 g/mol. The Morgan fingerprint density at radius 2 is 1.62 bits per heavy atom. The lowest BCUT2D eigenvalue weighted by molar-refractivity contribution is 0.354. The van der Waals surface area contributed by atoms with E-state index in [0.717, 1.165) is 23.5 Å². The van der Waals surface area contributed by atoms with Crippen molar-refractivity contribution in [2.45, 2.75) is 32.7 Å². The van der Waals surface area contributed by atoms with Gasteiger partial charge in [0.25, 0.3) is 0 Å². The lowest BCUT2D eigenvalue weighted by Gasteiger charge is -2.13. The Morgan fingerprint density at radius 1 is 1.06 bits per heavy atom. The third kappa shape index (κ3) is 2.89. The number of unbranched alkanes of at least 4 members (excludes halogenated alkanes) is 1. The van der Waals surface area contributed by atoms with E-state index in [1.165, 1.54) is 18.4 Å². The molecule has 0 aliphatic rings. The van der Waals surface area contributed by atoms with Crippen LogP contribution >= 0.6 is 0 Å². The standard InChI is InChI=1S/C13H21NO2/c1-4-5-6-10-7-12(15-2)13(16-3)8-11(10)9-14/h7-8H,4-6,9,14H2,1-3H3. The van der Waals surface area contributed by atoms with Crippen molar-refractivity contribution in [3.63, 3.8) is 0 Å². The van der Waals surface area contributed by atoms with Crippen LogP contribution in [-0.4, -0.2) is 14.2 Å². The highest BCUT2D eigenvalue weighted by Gasteiger charge is 2.09. The van der Waals surface area contributed by atoms with Crippen LogP contribution in [0.3, 0.4) is 0 Å². The molecule has 0 aliphatic carbocycles. The molecule has 0 spiro atoms. The zero-order valence-electron chi connectivity index (χ0n) is 10.4. The Morgan fingerprint density at radius 3 is 2.06 bits per heavy atom. The molecular weight excluding hydrogens is 202 g/mol. The van der Waals surface area contributed by atoms with Crippen molar-refractivity contribution in [2.75, 3.05) is 14.2 Å². The third-order valence-corrected chi connectivity index (χ3v) is 2.73. The van der Waals surface area contributed by atoms with Crippen LogP contribution in [-0.2, 0) is 13.0 Å². The first-order chi connectivity index (χ1) is 7.76. The molecule has 0 radical (unpaired) electrons. The topological polar surface area (TPSA) is 44.5 Å². The van der Waals surface area contributed by atoms with E-state index in [-0.39, 0.29) is 0 Å². The molecule has 3 nitrogen and oxygen atoms in total. The molecule has 1 rings (SSSR count). The fourth-order valence-corrected chi connectivity index (χ4v) is 1.75. The van der Waals surface area contributed by atoms with E-state index in [1.54, 1.807) is 14.2 Å². The number of ether oxygens (including phenoxy) is 2. The minimum atomic E-state index is 0.541. The summed E-state index contributed by atoms with van der Waals surface area (Å²) in [5.74, 6) is 1.54. The van der Waals surface area contributed by atoms with Crippen LogP contribution in [0, 0.1) is 0 Å². The molecule has 0 saturated heterocycles. The molecule has 0 amide bonds. The predicted octanol–water partition coefficient (Wildman–Crippen LogP) is 2.51. The molecular formula is C13H21NO2. The second-order valence-corrected chi connectivity index (χ2v) is 3.78. The highest BCUT2D eigenvalue weighted by molar-refractivity contribution is 5.47. The summed E-state index contributed by atoms with van der Waals surface area (Å²) in [4.78, 5) is 0. The van der Waals surface area contributed by atoms with Gasteiger partial charge in [0.15, 0.2) is 11.5 Å². The van der Waals surface area contributed by atoms with Gasteiger partial charge in [0.05, 0.1) is 14.2 Å². The lowest BCUT2D eigenvalue weighted by Crippen LogP contribution is -2.04. The van der Waals surface area contributed by atoms with Crippen LogP contribution in [0.4, 0.5) is 0 Å². The molecule has 90 valence electrons. The Hall–Kier alpha value is -1.22. The quantitative estimate of drug-likeness (QED) is 0.806. The monoisotopic (exact) mass is 223 g/mol. The summed E-state index contributed by atoms with van der Waals surface area (Å²) in [6.45, 7) is 2.72. The highest BCUT2D eigenvalue weighted by Crippen LogP contribution is 2.31. The molecule has 0 unspecified atom stereocenters. The van der Waals surface area contributed by atoms with Crippen molar-refractivity contribution < 1.29 is 9.47 Å². The Labute approximate surface area is 97.6 Å². The van der Waals surface area contributed by atoms with Crippen LogP contribution in [0.1, 0.15) is 30.9 Å². The zero-order valence-corrected chi connectivity index (χ0v) is 10.4. The van der Waals surface area contributed by atoms with E-state index in [1.807, 2.05) is 12.1 Å². The molecule has 3 heteroatoms. The van der Waals surface area contributed by atoms with Crippen LogP contribution in [0.5, 0.6) is 11.5 Å². The first kappa shape index (κ1) is 12.8. The van der Waals surface area contributed by atoms with Gasteiger partial charge >= 0.3 is 0 Å². The summed E-state index contributed by atoms with van der Waals surface area (Å²) in [5.41, 5.74) is 8.15. The minimum Gasteiger partial charge on any atom is -0.493 e. The average Bonchev–Trinajstić information content (AvgIpc) is 2.35. The number of hydrogen-bond donors (Lipinski definition) is 1. The molecule has 0 fully saturated rings. The molecule has 2 N–H and O–H groups in total. The van der Waals surface area contributed by atoms with Gasteiger partial charge in [0, 0.05) is 6.54 Å². The smallest absolute Gasteiger partial charge is 0.161 e. The lowest BCUT2D eigenvalue weighted by atomic mass is 10.0. The summed E-state index contributed by atoms with van der Waals surface area (Å²) in [6.07, 6.45) is 3.39. The fraction of sp³-hybridized carbons (Fsp3) is 0.538. The second-order valence-electron chi connectivity index (χ2n) is 3.78. The number of rotatable bonds is 6. The molecule has 1 aromatic carbocycles. The van der Waals surface area contributed by atoms with Gasteiger partial charge in [0.2, 0.25) is 0 Å². The van der Waals surface area contributed by atoms with Crippen LogP contribution in [0.25, 0.3) is 0 Å². The first-order valence-electron chi connectivity index (χ1n) is 5.70. The van der Waals surface area contributed by atoms with Crippen LogP contribution in [0.15, 0.2) is 12.1 Å². The van der Waals surface area contributed by atoms with Crippen molar-refractivity contribution in [3.8, 4) is 11.5 Å². The molecule has 16 heavy (non-hydrogen) atoms. The Kier molecular flexibility index (Phi) is 5.12. The molecule has 0 saturated carbocycles. The van der Waals surface area contributed by atoms with Gasteiger partial charge in [-0.25, -0.2) is 0 Å². The SMILES string of the molecule is CCCCc1cc(OC)c(OC)cc1CN. The summed E-state index contributed by atoms with van der Waals surface area (Å²) in [6, 6.07) is 4.01. The van der Waals surface area contributed by atoms with Gasteiger partial charge in [-0.3, -0.25) is 0 Å². The van der Waals surface area contributed by atoms with Gasteiger partial charge < -0.3 is 15.2 Å². The predicted molar refractivity (Wildman–Crippen MR) is 66.0 cm³/mol. The highest BCUT2D eigenvalue weighted by atomic mass is 16.5. The third-order valence-electron chi connectivity index (χ3n) is 2.73. The maximum Gasteiger partial charge on any atom is 0.161 e. The van der Waals surface area contributed by atoms with Gasteiger partial charge in [-0.1, -0.05) is 13.3 Å². The molecule has 0 atom stereocenters. The molecule has 0 aliphatic heterocycles. The maximum atomic E-state index is 5.74. The fourth-order valence-electron chi connectivity index (χ4n) is 1.75. The Bertz CT molecular complexity index is 337. The van der Waals surface area contributed by atoms with E-state index >= 15 is 0 Å². The summed E-state index contributed by atoms with van der Waals surface area (Å²) < 4.78 is 10.5. The van der Waals surface area contributed by atoms with Gasteiger partial charge in [0.1, 0.15) is 0 Å². The molecule has 1 aromatic rings. The molecule has 0 bridgehead atoms. The van der Waals surface area contributed by atoms with Crippen molar-refractivity contribution >= 4 is 0 Å². The van der Waals surface area contributed by atoms with Crippen molar-refractivity contribution in [1.29, 1.82) is 0 Å². The van der Waals surface area contributed by atoms with E-state index in [0.29, 0.717) is 6.54 Å². The van der Waals surface area contributed by atoms with E-state index in [9.17, 15) is 0 Å². The number of methoxy groups -OCH3 is 2.